The first-order valence-corrected chi connectivity index (χ1v) is 17.8. The predicted octanol–water partition coefficient (Wildman–Crippen LogP) is 6.93. The molecule has 1 aromatic carbocycles. The van der Waals surface area contributed by atoms with E-state index in [4.69, 9.17) is 4.74 Å². The molecule has 0 heterocycles. The van der Waals surface area contributed by atoms with E-state index in [2.05, 4.69) is 45.9 Å². The molecule has 0 amide bonds. The fraction of sp³-hybridized carbons (Fsp3) is 0.714. The molecule has 0 radical (unpaired) electrons. The van der Waals surface area contributed by atoms with E-state index in [1.165, 1.54) is 48.5 Å². The van der Waals surface area contributed by atoms with Gasteiger partial charge in [0.05, 0.1) is 0 Å². The van der Waals surface area contributed by atoms with Gasteiger partial charge in [-0.05, 0) is 0 Å². The summed E-state index contributed by atoms with van der Waals surface area (Å²) in [4.78, 5) is 0. The molecule has 0 aliphatic heterocycles. The molecular weight excluding hydrogens is 387 g/mol. The van der Waals surface area contributed by atoms with E-state index >= 15 is 0 Å². The molecule has 0 N–H and O–H groups in total. The molecule has 0 atom stereocenters. The van der Waals surface area contributed by atoms with Gasteiger partial charge in [0, 0.05) is 0 Å². The third kappa shape index (κ3) is 7.07. The van der Waals surface area contributed by atoms with Crippen molar-refractivity contribution in [3.63, 3.8) is 0 Å². The molecule has 0 saturated heterocycles. The second kappa shape index (κ2) is 11.4. The van der Waals surface area contributed by atoms with Gasteiger partial charge in [-0.3, -0.25) is 0 Å². The summed E-state index contributed by atoms with van der Waals surface area (Å²) in [5, 5.41) is 0. The standard InChI is InChI=1S/C9H11O.3C4H9.Sn/c1-7-4-5-8(2)9(6-7)10-3;3*1-3-4-2;/h4-6H,1H2,2-3H3;3*1,3-4H2,2H3;. The van der Waals surface area contributed by atoms with E-state index in [-0.39, 0.29) is 0 Å². The average molecular weight is 425 g/mol. The van der Waals surface area contributed by atoms with Gasteiger partial charge in [-0.15, -0.1) is 0 Å². The van der Waals surface area contributed by atoms with Crippen LogP contribution in [0.4, 0.5) is 0 Å². The Morgan fingerprint density at radius 3 is 1.83 bits per heavy atom. The van der Waals surface area contributed by atoms with Gasteiger partial charge in [0.1, 0.15) is 0 Å². The zero-order valence-electron chi connectivity index (χ0n) is 16.2. The van der Waals surface area contributed by atoms with Gasteiger partial charge >= 0.3 is 149 Å². The van der Waals surface area contributed by atoms with Crippen molar-refractivity contribution in [2.45, 2.75) is 84.0 Å². The zero-order valence-corrected chi connectivity index (χ0v) is 19.1. The molecule has 2 heteroatoms. The normalized spacial score (nSPS) is 11.7. The van der Waals surface area contributed by atoms with Crippen molar-refractivity contribution >= 4 is 18.4 Å². The number of rotatable bonds is 12. The summed E-state index contributed by atoms with van der Waals surface area (Å²) in [7, 11) is 1.80. The van der Waals surface area contributed by atoms with Crippen molar-refractivity contribution < 1.29 is 4.74 Å². The Labute approximate surface area is 149 Å². The molecule has 0 aromatic heterocycles. The van der Waals surface area contributed by atoms with E-state index in [9.17, 15) is 0 Å². The van der Waals surface area contributed by atoms with Crippen LogP contribution >= 0.6 is 0 Å². The fourth-order valence-electron chi connectivity index (χ4n) is 3.70. The zero-order chi connectivity index (χ0) is 17.1. The third-order valence-electron chi connectivity index (χ3n) is 5.23. The van der Waals surface area contributed by atoms with Crippen molar-refractivity contribution in [2.75, 3.05) is 7.11 Å². The number of aryl methyl sites for hydroxylation is 1. The number of ether oxygens (including phenoxy) is 1. The van der Waals surface area contributed by atoms with Crippen LogP contribution < -0.4 is 4.74 Å². The van der Waals surface area contributed by atoms with E-state index in [0.29, 0.717) is 0 Å². The Bertz CT molecular complexity index is 420. The fourth-order valence-corrected chi connectivity index (χ4v) is 19.9. The van der Waals surface area contributed by atoms with Crippen molar-refractivity contribution in [2.24, 2.45) is 0 Å². The molecule has 1 aromatic rings. The maximum atomic E-state index is 5.57. The Morgan fingerprint density at radius 1 is 0.870 bits per heavy atom. The first kappa shape index (κ1) is 20.9. The maximum absolute atomic E-state index is 5.57. The summed E-state index contributed by atoms with van der Waals surface area (Å²) in [6.45, 7) is 9.20. The van der Waals surface area contributed by atoms with Gasteiger partial charge < -0.3 is 0 Å². The molecule has 0 aliphatic rings. The summed E-state index contributed by atoms with van der Waals surface area (Å²) in [5.41, 5.74) is 2.80. The van der Waals surface area contributed by atoms with Crippen LogP contribution in [-0.2, 0) is 4.44 Å². The number of hydrogen-bond donors (Lipinski definition) is 0. The molecule has 0 saturated carbocycles. The van der Waals surface area contributed by atoms with Crippen LogP contribution in [0.3, 0.4) is 0 Å². The van der Waals surface area contributed by atoms with Gasteiger partial charge in [-0.1, -0.05) is 0 Å². The molecule has 0 unspecified atom stereocenters. The summed E-state index contributed by atoms with van der Waals surface area (Å²) >= 11 is -2.08. The molecule has 132 valence electrons. The molecule has 0 spiro atoms. The van der Waals surface area contributed by atoms with Crippen LogP contribution in [-0.4, -0.2) is 25.5 Å². The molecule has 1 nitrogen and oxygen atoms in total. The van der Waals surface area contributed by atoms with Crippen LogP contribution in [0, 0.1) is 6.92 Å². The van der Waals surface area contributed by atoms with E-state index in [1.807, 2.05) is 0 Å². The molecule has 1 rings (SSSR count). The van der Waals surface area contributed by atoms with Crippen LogP contribution in [0.5, 0.6) is 5.75 Å². The molecule has 23 heavy (non-hydrogen) atoms. The predicted molar refractivity (Wildman–Crippen MR) is 106 cm³/mol. The quantitative estimate of drug-likeness (QED) is 0.330. The van der Waals surface area contributed by atoms with Gasteiger partial charge in [-0.2, -0.15) is 0 Å². The Morgan fingerprint density at radius 2 is 1.39 bits per heavy atom. The monoisotopic (exact) mass is 426 g/mol. The topological polar surface area (TPSA) is 9.23 Å². The van der Waals surface area contributed by atoms with E-state index in [0.717, 1.165) is 5.75 Å². The van der Waals surface area contributed by atoms with E-state index in [1.54, 1.807) is 26.0 Å². The summed E-state index contributed by atoms with van der Waals surface area (Å²) in [5.74, 6) is 1.07. The molecular formula is C21H38OSn. The Kier molecular flexibility index (Phi) is 10.3. The second-order valence-corrected chi connectivity index (χ2v) is 21.1. The number of methoxy groups -OCH3 is 1. The van der Waals surface area contributed by atoms with Crippen LogP contribution in [0.15, 0.2) is 18.2 Å². The van der Waals surface area contributed by atoms with Gasteiger partial charge in [0.25, 0.3) is 0 Å². The van der Waals surface area contributed by atoms with Crippen molar-refractivity contribution in [1.82, 2.24) is 0 Å². The Hall–Kier alpha value is -0.181. The minimum atomic E-state index is -2.08. The minimum absolute atomic E-state index is 1.07. The van der Waals surface area contributed by atoms with Gasteiger partial charge in [0.15, 0.2) is 0 Å². The summed E-state index contributed by atoms with van der Waals surface area (Å²) in [6.07, 6.45) is 8.42. The van der Waals surface area contributed by atoms with Crippen molar-refractivity contribution in [1.29, 1.82) is 0 Å². The number of hydrogen-bond acceptors (Lipinski definition) is 1. The van der Waals surface area contributed by atoms with Crippen LogP contribution in [0.1, 0.15) is 70.4 Å². The van der Waals surface area contributed by atoms with Crippen molar-refractivity contribution in [3.05, 3.63) is 29.3 Å². The van der Waals surface area contributed by atoms with Crippen LogP contribution in [0.25, 0.3) is 0 Å². The number of unbranched alkanes of at least 4 members (excludes halogenated alkanes) is 3. The van der Waals surface area contributed by atoms with Crippen LogP contribution in [0.2, 0.25) is 13.3 Å². The first-order chi connectivity index (χ1) is 11.1. The molecule has 0 bridgehead atoms. The summed E-state index contributed by atoms with van der Waals surface area (Å²) in [6, 6.07) is 6.95. The molecule has 0 fully saturated rings. The summed E-state index contributed by atoms with van der Waals surface area (Å²) < 4.78 is 11.7. The van der Waals surface area contributed by atoms with Gasteiger partial charge in [-0.25, -0.2) is 0 Å². The average Bonchev–Trinajstić information content (AvgIpc) is 2.57. The van der Waals surface area contributed by atoms with Gasteiger partial charge in [0.2, 0.25) is 0 Å². The third-order valence-corrected chi connectivity index (χ3v) is 20.6. The second-order valence-electron chi connectivity index (χ2n) is 7.29. The first-order valence-electron chi connectivity index (χ1n) is 9.74. The molecule has 0 aliphatic carbocycles. The van der Waals surface area contributed by atoms with Crippen molar-refractivity contribution in [3.8, 4) is 5.75 Å². The van der Waals surface area contributed by atoms with E-state index < -0.39 is 18.4 Å². The number of benzene rings is 1. The Balaban J connectivity index is 2.99. The SMILES string of the molecule is CCC[CH2][Sn]([CH2]CCC)([CH2]CCC)[CH2]c1ccc(C)c(OC)c1.